The zero-order valence-electron chi connectivity index (χ0n) is 16.8. The van der Waals surface area contributed by atoms with Crippen LogP contribution in [-0.2, 0) is 10.3 Å². The molecule has 2 saturated heterocycles. The fraction of sp³-hybridized carbons (Fsp3) is 0.391. The van der Waals surface area contributed by atoms with Crippen LogP contribution < -0.4 is 0 Å². The Balaban J connectivity index is 1.44. The second kappa shape index (κ2) is 7.83. The number of rotatable bonds is 3. The maximum atomic E-state index is 13.3. The molecule has 7 heteroatoms. The first-order chi connectivity index (χ1) is 14.6. The molecule has 0 unspecified atom stereocenters. The molecule has 3 aromatic rings. The molecule has 0 saturated carbocycles. The van der Waals surface area contributed by atoms with E-state index in [1.165, 1.54) is 0 Å². The number of carbonyl (C=O) groups excluding carboxylic acids is 1. The van der Waals surface area contributed by atoms with Crippen molar-refractivity contribution in [2.45, 2.75) is 18.1 Å². The Morgan fingerprint density at radius 1 is 1.10 bits per heavy atom. The van der Waals surface area contributed by atoms with E-state index in [2.05, 4.69) is 14.9 Å². The van der Waals surface area contributed by atoms with Crippen molar-refractivity contribution in [1.29, 1.82) is 0 Å². The van der Waals surface area contributed by atoms with Crippen LogP contribution in [0.5, 0.6) is 0 Å². The Bertz CT molecular complexity index is 1030. The van der Waals surface area contributed by atoms with Crippen molar-refractivity contribution in [1.82, 2.24) is 19.8 Å². The molecule has 2 fully saturated rings. The van der Waals surface area contributed by atoms with E-state index in [4.69, 9.17) is 4.74 Å². The number of morpholine rings is 1. The van der Waals surface area contributed by atoms with Crippen LogP contribution in [0.25, 0.3) is 11.0 Å². The number of amides is 1. The number of likely N-dealkylation sites (tertiary alicyclic amines) is 1. The average Bonchev–Trinajstić information content (AvgIpc) is 3.28. The van der Waals surface area contributed by atoms with Crippen molar-refractivity contribution in [2.24, 2.45) is 0 Å². The van der Waals surface area contributed by atoms with Gasteiger partial charge in [0, 0.05) is 37.8 Å². The number of fused-ring (bicyclic) bond motifs is 1. The van der Waals surface area contributed by atoms with Gasteiger partial charge in [-0.15, -0.1) is 0 Å². The number of nitrogens with zero attached hydrogens (tertiary/aromatic N) is 3. The zero-order chi connectivity index (χ0) is 20.6. The van der Waals surface area contributed by atoms with Gasteiger partial charge in [0.15, 0.2) is 0 Å². The second-order valence-electron chi connectivity index (χ2n) is 8.07. The lowest BCUT2D eigenvalue weighted by molar-refractivity contribution is -0.112. The standard InChI is InChI=1S/C23H26N4O3/c28-22(19-7-6-17-8-10-24-21(17)25-19)27-11-9-23(29,18-4-2-1-3-5-18)20(16-27)26-12-14-30-15-13-26/h1-8,10,20,29H,9,11-16H2,(H,24,25)/t20-,23+/m1/s1. The van der Waals surface area contributed by atoms with Gasteiger partial charge in [0.05, 0.1) is 19.3 Å². The van der Waals surface area contributed by atoms with Crippen LogP contribution in [0.15, 0.2) is 54.7 Å². The third kappa shape index (κ3) is 3.39. The van der Waals surface area contributed by atoms with E-state index in [1.54, 1.807) is 6.07 Å². The molecule has 4 heterocycles. The number of hydrogen-bond donors (Lipinski definition) is 2. The predicted octanol–water partition coefficient (Wildman–Crippen LogP) is 2.00. The van der Waals surface area contributed by atoms with Gasteiger partial charge in [-0.3, -0.25) is 9.69 Å². The highest BCUT2D eigenvalue weighted by molar-refractivity contribution is 5.94. The van der Waals surface area contributed by atoms with E-state index in [9.17, 15) is 9.90 Å². The topological polar surface area (TPSA) is 81.7 Å². The third-order valence-corrected chi connectivity index (χ3v) is 6.38. The largest absolute Gasteiger partial charge is 0.383 e. The lowest BCUT2D eigenvalue weighted by Gasteiger charge is -2.50. The van der Waals surface area contributed by atoms with Gasteiger partial charge in [0.1, 0.15) is 16.9 Å². The Morgan fingerprint density at radius 3 is 2.70 bits per heavy atom. The summed E-state index contributed by atoms with van der Waals surface area (Å²) in [6, 6.07) is 15.3. The maximum Gasteiger partial charge on any atom is 0.272 e. The van der Waals surface area contributed by atoms with Crippen LogP contribution in [0.4, 0.5) is 0 Å². The van der Waals surface area contributed by atoms with Gasteiger partial charge in [0.2, 0.25) is 0 Å². The van der Waals surface area contributed by atoms with Crippen molar-refractivity contribution in [2.75, 3.05) is 39.4 Å². The highest BCUT2D eigenvalue weighted by Gasteiger charge is 2.47. The van der Waals surface area contributed by atoms with E-state index >= 15 is 0 Å². The number of carbonyl (C=O) groups is 1. The fourth-order valence-electron chi connectivity index (χ4n) is 4.69. The first kappa shape index (κ1) is 19.2. The number of hydrogen-bond acceptors (Lipinski definition) is 5. The quantitative estimate of drug-likeness (QED) is 0.695. The minimum Gasteiger partial charge on any atom is -0.383 e. The molecule has 0 bridgehead atoms. The normalized spacial score (nSPS) is 25.5. The average molecular weight is 406 g/mol. The molecule has 2 aliphatic rings. The Morgan fingerprint density at radius 2 is 1.90 bits per heavy atom. The number of aromatic amines is 1. The number of aliphatic hydroxyl groups is 1. The first-order valence-electron chi connectivity index (χ1n) is 10.5. The van der Waals surface area contributed by atoms with E-state index in [0.29, 0.717) is 44.1 Å². The van der Waals surface area contributed by atoms with Gasteiger partial charge in [-0.1, -0.05) is 30.3 Å². The van der Waals surface area contributed by atoms with Crippen molar-refractivity contribution in [3.8, 4) is 0 Å². The fourth-order valence-corrected chi connectivity index (χ4v) is 4.69. The summed E-state index contributed by atoms with van der Waals surface area (Å²) in [6.45, 7) is 3.70. The summed E-state index contributed by atoms with van der Waals surface area (Å²) in [5.41, 5.74) is 1.03. The van der Waals surface area contributed by atoms with Gasteiger partial charge in [-0.05, 0) is 30.2 Å². The molecule has 7 nitrogen and oxygen atoms in total. The number of aromatic nitrogens is 2. The monoisotopic (exact) mass is 406 g/mol. The van der Waals surface area contributed by atoms with Crippen LogP contribution in [-0.4, -0.2) is 76.2 Å². The van der Waals surface area contributed by atoms with Crippen molar-refractivity contribution in [3.05, 3.63) is 66.0 Å². The number of nitrogens with one attached hydrogen (secondary N) is 1. The SMILES string of the molecule is O=C(c1ccc2cc[nH]c2n1)N1CC[C@](O)(c2ccccc2)[C@H](N2CCOCC2)C1. The van der Waals surface area contributed by atoms with Crippen molar-refractivity contribution in [3.63, 3.8) is 0 Å². The van der Waals surface area contributed by atoms with E-state index < -0.39 is 5.60 Å². The van der Waals surface area contributed by atoms with Gasteiger partial charge in [-0.25, -0.2) is 4.98 Å². The molecular weight excluding hydrogens is 380 g/mol. The van der Waals surface area contributed by atoms with Gasteiger partial charge in [0.25, 0.3) is 5.91 Å². The number of H-pyrrole nitrogens is 1. The van der Waals surface area contributed by atoms with Crippen molar-refractivity contribution >= 4 is 16.9 Å². The number of pyridine rings is 1. The van der Waals surface area contributed by atoms with Crippen LogP contribution in [0.3, 0.4) is 0 Å². The zero-order valence-corrected chi connectivity index (χ0v) is 16.8. The number of benzene rings is 1. The summed E-state index contributed by atoms with van der Waals surface area (Å²) in [5.74, 6) is -0.0973. The molecule has 2 aliphatic heterocycles. The van der Waals surface area contributed by atoms with Gasteiger partial charge in [-0.2, -0.15) is 0 Å². The van der Waals surface area contributed by atoms with E-state index in [-0.39, 0.29) is 11.9 Å². The highest BCUT2D eigenvalue weighted by Crippen LogP contribution is 2.36. The van der Waals surface area contributed by atoms with E-state index in [1.807, 2.05) is 53.6 Å². The number of ether oxygens (including phenoxy) is 1. The number of piperidine rings is 1. The second-order valence-corrected chi connectivity index (χ2v) is 8.07. The minimum absolute atomic E-state index is 0.0973. The van der Waals surface area contributed by atoms with Crippen LogP contribution in [0, 0.1) is 0 Å². The third-order valence-electron chi connectivity index (χ3n) is 6.38. The minimum atomic E-state index is -1.01. The van der Waals surface area contributed by atoms with Crippen molar-refractivity contribution < 1.29 is 14.6 Å². The van der Waals surface area contributed by atoms with Crippen LogP contribution >= 0.6 is 0 Å². The molecule has 0 spiro atoms. The smallest absolute Gasteiger partial charge is 0.272 e. The lowest BCUT2D eigenvalue weighted by Crippen LogP contribution is -2.63. The summed E-state index contributed by atoms with van der Waals surface area (Å²) in [5, 5.41) is 12.8. The lowest BCUT2D eigenvalue weighted by atomic mass is 9.79. The highest BCUT2D eigenvalue weighted by atomic mass is 16.5. The molecule has 2 aromatic heterocycles. The Labute approximate surface area is 175 Å². The van der Waals surface area contributed by atoms with E-state index in [0.717, 1.165) is 24.0 Å². The first-order valence-corrected chi connectivity index (χ1v) is 10.5. The Kier molecular flexibility index (Phi) is 5.02. The molecule has 2 atom stereocenters. The summed E-state index contributed by atoms with van der Waals surface area (Å²) in [7, 11) is 0. The van der Waals surface area contributed by atoms with Crippen LogP contribution in [0.2, 0.25) is 0 Å². The van der Waals surface area contributed by atoms with Crippen LogP contribution in [0.1, 0.15) is 22.5 Å². The maximum absolute atomic E-state index is 13.3. The molecule has 2 N–H and O–H groups in total. The molecule has 1 amide bonds. The van der Waals surface area contributed by atoms with Gasteiger partial charge >= 0.3 is 0 Å². The summed E-state index contributed by atoms with van der Waals surface area (Å²) >= 11 is 0. The predicted molar refractivity (Wildman–Crippen MR) is 113 cm³/mol. The summed E-state index contributed by atoms with van der Waals surface area (Å²) in [4.78, 5) is 24.9. The molecule has 0 aliphatic carbocycles. The molecular formula is C23H26N4O3. The molecule has 156 valence electrons. The molecule has 30 heavy (non-hydrogen) atoms. The summed E-state index contributed by atoms with van der Waals surface area (Å²) in [6.07, 6.45) is 2.30. The Hall–Kier alpha value is -2.74. The van der Waals surface area contributed by atoms with Gasteiger partial charge < -0.3 is 19.7 Å². The molecule has 0 radical (unpaired) electrons. The molecule has 1 aromatic carbocycles. The molecule has 5 rings (SSSR count). The summed E-state index contributed by atoms with van der Waals surface area (Å²) < 4.78 is 5.52.